The van der Waals surface area contributed by atoms with Gasteiger partial charge in [0.05, 0.1) is 11.8 Å². The van der Waals surface area contributed by atoms with Crippen LogP contribution in [-0.4, -0.2) is 24.7 Å². The number of urea groups is 1. The van der Waals surface area contributed by atoms with Gasteiger partial charge in [-0.3, -0.25) is 4.79 Å². The zero-order valence-electron chi connectivity index (χ0n) is 14.3. The van der Waals surface area contributed by atoms with E-state index in [1.807, 2.05) is 31.2 Å². The highest BCUT2D eigenvalue weighted by Gasteiger charge is 2.30. The fraction of sp³-hybridized carbons (Fsp3) is 0.167. The molecule has 0 radical (unpaired) electrons. The molecular weight excluding hydrogens is 361 g/mol. The number of aryl methyl sites for hydroxylation is 1. The molecule has 0 fully saturated rings. The number of nitrogens with one attached hydrogen (secondary N) is 3. The fourth-order valence-corrected chi connectivity index (χ4v) is 1.98. The van der Waals surface area contributed by atoms with E-state index in [9.17, 15) is 22.8 Å². The molecule has 0 saturated heterocycles. The van der Waals surface area contributed by atoms with Gasteiger partial charge in [-0.1, -0.05) is 35.9 Å². The van der Waals surface area contributed by atoms with Crippen molar-refractivity contribution in [3.05, 3.63) is 65.2 Å². The standard InChI is InChI=1S/C18H17F3N4O2/c1-12-5-7-13(8-6-12)10-23-25-16(26)11-22-17(27)24-15-4-2-3-14(9-15)18(19,20)21/h2-10H,11H2,1H3,(H,25,26)(H2,22,24,27). The van der Waals surface area contributed by atoms with Gasteiger partial charge in [0.2, 0.25) is 0 Å². The predicted molar refractivity (Wildman–Crippen MR) is 95.4 cm³/mol. The summed E-state index contributed by atoms with van der Waals surface area (Å²) in [5, 5.41) is 8.21. The number of carbonyl (C=O) groups excluding carboxylic acids is 2. The van der Waals surface area contributed by atoms with Crippen LogP contribution in [0.25, 0.3) is 0 Å². The van der Waals surface area contributed by atoms with Gasteiger partial charge in [-0.05, 0) is 30.7 Å². The van der Waals surface area contributed by atoms with E-state index >= 15 is 0 Å². The van der Waals surface area contributed by atoms with Crippen molar-refractivity contribution in [3.8, 4) is 0 Å². The van der Waals surface area contributed by atoms with Crippen molar-refractivity contribution < 1.29 is 22.8 Å². The molecule has 0 unspecified atom stereocenters. The first-order valence-electron chi connectivity index (χ1n) is 7.85. The molecule has 0 aliphatic rings. The molecule has 2 aromatic carbocycles. The van der Waals surface area contributed by atoms with Gasteiger partial charge in [-0.2, -0.15) is 18.3 Å². The SMILES string of the molecule is Cc1ccc(C=NNC(=O)CNC(=O)Nc2cccc(C(F)(F)F)c2)cc1. The average molecular weight is 378 g/mol. The number of nitrogens with zero attached hydrogens (tertiary/aromatic N) is 1. The molecule has 0 atom stereocenters. The largest absolute Gasteiger partial charge is 0.416 e. The first kappa shape index (κ1) is 20.0. The summed E-state index contributed by atoms with van der Waals surface area (Å²) in [6.45, 7) is 1.55. The molecule has 0 aromatic heterocycles. The third-order valence-corrected chi connectivity index (χ3v) is 3.34. The monoisotopic (exact) mass is 378 g/mol. The van der Waals surface area contributed by atoms with Gasteiger partial charge in [0.25, 0.3) is 5.91 Å². The minimum atomic E-state index is -4.51. The highest BCUT2D eigenvalue weighted by Crippen LogP contribution is 2.30. The minimum Gasteiger partial charge on any atom is -0.329 e. The number of hydrogen-bond donors (Lipinski definition) is 3. The van der Waals surface area contributed by atoms with E-state index in [-0.39, 0.29) is 5.69 Å². The molecule has 0 saturated carbocycles. The second-order valence-corrected chi connectivity index (χ2v) is 5.59. The summed E-state index contributed by atoms with van der Waals surface area (Å²) in [4.78, 5) is 23.3. The quantitative estimate of drug-likeness (QED) is 0.551. The minimum absolute atomic E-state index is 0.0416. The predicted octanol–water partition coefficient (Wildman–Crippen LogP) is 3.29. The lowest BCUT2D eigenvalue weighted by atomic mass is 10.2. The molecule has 0 spiro atoms. The molecule has 0 aliphatic heterocycles. The van der Waals surface area contributed by atoms with Gasteiger partial charge in [0.15, 0.2) is 0 Å². The number of alkyl halides is 3. The van der Waals surface area contributed by atoms with E-state index in [2.05, 4.69) is 21.2 Å². The Kier molecular flexibility index (Phi) is 6.53. The molecular formula is C18H17F3N4O2. The number of anilines is 1. The van der Waals surface area contributed by atoms with E-state index in [0.717, 1.165) is 23.3 Å². The van der Waals surface area contributed by atoms with Crippen molar-refractivity contribution >= 4 is 23.8 Å². The van der Waals surface area contributed by atoms with Crippen LogP contribution in [0.15, 0.2) is 53.6 Å². The first-order valence-corrected chi connectivity index (χ1v) is 7.85. The molecule has 2 rings (SSSR count). The molecule has 0 heterocycles. The van der Waals surface area contributed by atoms with Crippen molar-refractivity contribution in [1.29, 1.82) is 0 Å². The van der Waals surface area contributed by atoms with Gasteiger partial charge in [-0.15, -0.1) is 0 Å². The van der Waals surface area contributed by atoms with E-state index in [0.29, 0.717) is 0 Å². The van der Waals surface area contributed by atoms with Gasteiger partial charge >= 0.3 is 12.2 Å². The summed E-state index contributed by atoms with van der Waals surface area (Å²) in [7, 11) is 0. The Morgan fingerprint density at radius 2 is 1.81 bits per heavy atom. The van der Waals surface area contributed by atoms with Crippen LogP contribution in [0.3, 0.4) is 0 Å². The second-order valence-electron chi connectivity index (χ2n) is 5.59. The number of benzene rings is 2. The summed E-state index contributed by atoms with van der Waals surface area (Å²) in [5.41, 5.74) is 3.18. The molecule has 2 aromatic rings. The molecule has 3 amide bonds. The van der Waals surface area contributed by atoms with Crippen LogP contribution in [0.4, 0.5) is 23.7 Å². The van der Waals surface area contributed by atoms with Crippen LogP contribution >= 0.6 is 0 Å². The van der Waals surface area contributed by atoms with E-state index in [1.54, 1.807) is 0 Å². The summed E-state index contributed by atoms with van der Waals surface area (Å²) in [6, 6.07) is 10.8. The number of halogens is 3. The lowest BCUT2D eigenvalue weighted by molar-refractivity contribution is -0.137. The van der Waals surface area contributed by atoms with Crippen molar-refractivity contribution in [2.45, 2.75) is 13.1 Å². The topological polar surface area (TPSA) is 82.6 Å². The second kappa shape index (κ2) is 8.84. The summed E-state index contributed by atoms with van der Waals surface area (Å²) in [5.74, 6) is -0.586. The van der Waals surface area contributed by atoms with Crippen LogP contribution in [-0.2, 0) is 11.0 Å². The average Bonchev–Trinajstić information content (AvgIpc) is 2.61. The summed E-state index contributed by atoms with van der Waals surface area (Å²) in [6.07, 6.45) is -3.07. The number of hydrazone groups is 1. The maximum atomic E-state index is 12.6. The number of amides is 3. The van der Waals surface area contributed by atoms with Crippen LogP contribution in [0.2, 0.25) is 0 Å². The number of rotatable bonds is 5. The van der Waals surface area contributed by atoms with E-state index in [4.69, 9.17) is 0 Å². The Morgan fingerprint density at radius 3 is 2.48 bits per heavy atom. The molecule has 0 bridgehead atoms. The van der Waals surface area contributed by atoms with E-state index < -0.39 is 30.2 Å². The molecule has 6 nitrogen and oxygen atoms in total. The third kappa shape index (κ3) is 6.81. The van der Waals surface area contributed by atoms with Crippen molar-refractivity contribution in [3.63, 3.8) is 0 Å². The molecule has 142 valence electrons. The van der Waals surface area contributed by atoms with Crippen molar-refractivity contribution in [2.75, 3.05) is 11.9 Å². The molecule has 9 heteroatoms. The lowest BCUT2D eigenvalue weighted by Gasteiger charge is -2.10. The van der Waals surface area contributed by atoms with Crippen molar-refractivity contribution in [2.24, 2.45) is 5.10 Å². The highest BCUT2D eigenvalue weighted by molar-refractivity contribution is 5.92. The van der Waals surface area contributed by atoms with Crippen LogP contribution in [0.1, 0.15) is 16.7 Å². The van der Waals surface area contributed by atoms with Gasteiger partial charge in [-0.25, -0.2) is 10.2 Å². The Morgan fingerprint density at radius 1 is 1.11 bits per heavy atom. The van der Waals surface area contributed by atoms with Crippen molar-refractivity contribution in [1.82, 2.24) is 10.7 Å². The fourth-order valence-electron chi connectivity index (χ4n) is 1.98. The Labute approximate surface area is 153 Å². The highest BCUT2D eigenvalue weighted by atomic mass is 19.4. The van der Waals surface area contributed by atoms with Gasteiger partial charge in [0.1, 0.15) is 6.54 Å². The molecule has 3 N–H and O–H groups in total. The van der Waals surface area contributed by atoms with Crippen LogP contribution in [0, 0.1) is 6.92 Å². The maximum absolute atomic E-state index is 12.6. The Balaban J connectivity index is 1.78. The van der Waals surface area contributed by atoms with E-state index in [1.165, 1.54) is 18.3 Å². The zero-order valence-corrected chi connectivity index (χ0v) is 14.3. The van der Waals surface area contributed by atoms with Crippen LogP contribution in [0.5, 0.6) is 0 Å². The number of hydrogen-bond acceptors (Lipinski definition) is 3. The van der Waals surface area contributed by atoms with Gasteiger partial charge in [0, 0.05) is 5.69 Å². The Hall–Kier alpha value is -3.36. The lowest BCUT2D eigenvalue weighted by Crippen LogP contribution is -2.37. The normalized spacial score (nSPS) is 11.3. The maximum Gasteiger partial charge on any atom is 0.416 e. The van der Waals surface area contributed by atoms with Gasteiger partial charge < -0.3 is 10.6 Å². The molecule has 27 heavy (non-hydrogen) atoms. The summed E-state index contributed by atoms with van der Waals surface area (Å²) >= 11 is 0. The zero-order chi connectivity index (χ0) is 19.9. The van der Waals surface area contributed by atoms with Crippen LogP contribution < -0.4 is 16.1 Å². The Bertz CT molecular complexity index is 833. The third-order valence-electron chi connectivity index (χ3n) is 3.34. The smallest absolute Gasteiger partial charge is 0.329 e. The number of carbonyl (C=O) groups is 2. The molecule has 0 aliphatic carbocycles. The first-order chi connectivity index (χ1) is 12.7. The summed E-state index contributed by atoms with van der Waals surface area (Å²) < 4.78 is 37.9.